The average Bonchev–Trinajstić information content (AvgIpc) is 3.07. The van der Waals surface area contributed by atoms with Crippen molar-refractivity contribution >= 4 is 5.91 Å². The highest BCUT2D eigenvalue weighted by Gasteiger charge is 2.31. The molecule has 3 rings (SSSR count). The highest BCUT2D eigenvalue weighted by molar-refractivity contribution is 5.76. The maximum atomic E-state index is 12.4. The highest BCUT2D eigenvalue weighted by Crippen LogP contribution is 2.32. The normalized spacial score (nSPS) is 19.0. The molecule has 0 bridgehead atoms. The van der Waals surface area contributed by atoms with Crippen molar-refractivity contribution in [3.05, 3.63) is 35.9 Å². The number of nitrogens with one attached hydrogen (secondary N) is 1. The first-order valence-electron chi connectivity index (χ1n) is 6.52. The molecule has 100 valence electrons. The molecule has 2 aromatic rings. The zero-order chi connectivity index (χ0) is 13.2. The van der Waals surface area contributed by atoms with Gasteiger partial charge in [0.15, 0.2) is 0 Å². The van der Waals surface area contributed by atoms with E-state index in [1.54, 1.807) is 10.9 Å². The smallest absolute Gasteiger partial charge is 0.244 e. The van der Waals surface area contributed by atoms with E-state index in [1.165, 1.54) is 0 Å². The van der Waals surface area contributed by atoms with Crippen LogP contribution in [0.2, 0.25) is 0 Å². The van der Waals surface area contributed by atoms with Gasteiger partial charge >= 0.3 is 0 Å². The molecule has 1 aliphatic heterocycles. The molecule has 1 N–H and O–H groups in total. The number of carbonyl (C=O) groups excluding carboxylic acids is 1. The first-order chi connectivity index (χ1) is 9.25. The zero-order valence-corrected chi connectivity index (χ0v) is 10.9. The van der Waals surface area contributed by atoms with Crippen molar-refractivity contribution in [3.63, 3.8) is 0 Å². The van der Waals surface area contributed by atoms with Crippen LogP contribution in [0.25, 0.3) is 0 Å². The van der Waals surface area contributed by atoms with E-state index in [0.717, 1.165) is 30.6 Å². The molecule has 0 unspecified atom stereocenters. The Kier molecular flexibility index (Phi) is 3.06. The fraction of sp³-hybridized carbons (Fsp3) is 0.462. The minimum Gasteiger partial charge on any atom is -0.332 e. The Bertz CT molecular complexity index is 559. The van der Waals surface area contributed by atoms with Crippen LogP contribution in [0.3, 0.4) is 0 Å². The summed E-state index contributed by atoms with van der Waals surface area (Å²) in [5, 5.41) is 11.2. The third-order valence-corrected chi connectivity index (χ3v) is 3.63. The van der Waals surface area contributed by atoms with Gasteiger partial charge in [-0.05, 0) is 31.4 Å². The van der Waals surface area contributed by atoms with E-state index >= 15 is 0 Å². The van der Waals surface area contributed by atoms with E-state index < -0.39 is 0 Å². The van der Waals surface area contributed by atoms with Gasteiger partial charge in [-0.15, -0.1) is 0 Å². The molecular formula is C13H17N5O. The fourth-order valence-corrected chi connectivity index (χ4v) is 2.68. The Hall–Kier alpha value is -2.11. The van der Waals surface area contributed by atoms with Crippen LogP contribution in [0.1, 0.15) is 30.1 Å². The summed E-state index contributed by atoms with van der Waals surface area (Å²) in [5.74, 6) is 0.111. The molecule has 3 heterocycles. The molecule has 1 atom stereocenters. The Morgan fingerprint density at radius 3 is 3.16 bits per heavy atom. The molecule has 6 nitrogen and oxygen atoms in total. The number of aromatic amines is 1. The van der Waals surface area contributed by atoms with Crippen LogP contribution in [-0.4, -0.2) is 37.3 Å². The van der Waals surface area contributed by atoms with Crippen LogP contribution < -0.4 is 0 Å². The van der Waals surface area contributed by atoms with Crippen molar-refractivity contribution in [1.29, 1.82) is 0 Å². The largest absolute Gasteiger partial charge is 0.332 e. The van der Waals surface area contributed by atoms with E-state index in [4.69, 9.17) is 0 Å². The molecule has 1 fully saturated rings. The Balaban J connectivity index is 1.76. The first kappa shape index (κ1) is 12.0. The third-order valence-electron chi connectivity index (χ3n) is 3.63. The molecular weight excluding hydrogens is 242 g/mol. The molecule has 19 heavy (non-hydrogen) atoms. The number of H-pyrrole nitrogens is 1. The molecule has 0 aliphatic carbocycles. The topological polar surface area (TPSA) is 66.8 Å². The fourth-order valence-electron chi connectivity index (χ4n) is 2.68. The number of likely N-dealkylation sites (tertiary alicyclic amines) is 1. The minimum atomic E-state index is 0.111. The SMILES string of the molecule is Cc1cn[nH]c1[C@@H]1CCCN1C(=O)Cn1cccn1. The van der Waals surface area contributed by atoms with E-state index in [0.29, 0.717) is 6.54 Å². The highest BCUT2D eigenvalue weighted by atomic mass is 16.2. The number of nitrogens with zero attached hydrogens (tertiary/aromatic N) is 4. The Labute approximate surface area is 111 Å². The van der Waals surface area contributed by atoms with Gasteiger partial charge in [0, 0.05) is 18.9 Å². The Morgan fingerprint density at radius 2 is 2.47 bits per heavy atom. The number of aryl methyl sites for hydroxylation is 1. The number of rotatable bonds is 3. The van der Waals surface area contributed by atoms with Crippen LogP contribution in [0.5, 0.6) is 0 Å². The summed E-state index contributed by atoms with van der Waals surface area (Å²) in [7, 11) is 0. The van der Waals surface area contributed by atoms with Crippen LogP contribution in [0.15, 0.2) is 24.7 Å². The molecule has 6 heteroatoms. The molecule has 2 aromatic heterocycles. The molecule has 1 aliphatic rings. The number of carbonyl (C=O) groups is 1. The van der Waals surface area contributed by atoms with Crippen molar-refractivity contribution in [2.24, 2.45) is 0 Å². The van der Waals surface area contributed by atoms with Crippen LogP contribution in [-0.2, 0) is 11.3 Å². The van der Waals surface area contributed by atoms with Gasteiger partial charge in [-0.3, -0.25) is 14.6 Å². The standard InChI is InChI=1S/C13H17N5O/c1-10-8-14-16-13(10)11-4-2-7-18(11)12(19)9-17-6-3-5-15-17/h3,5-6,8,11H,2,4,7,9H2,1H3,(H,14,16)/t11-/m0/s1. The Morgan fingerprint density at radius 1 is 1.58 bits per heavy atom. The van der Waals surface area contributed by atoms with Gasteiger partial charge in [-0.2, -0.15) is 10.2 Å². The molecule has 0 radical (unpaired) electrons. The summed E-state index contributed by atoms with van der Waals surface area (Å²) in [4.78, 5) is 14.3. The van der Waals surface area contributed by atoms with Gasteiger partial charge < -0.3 is 4.90 Å². The van der Waals surface area contributed by atoms with Gasteiger partial charge in [0.1, 0.15) is 6.54 Å². The quantitative estimate of drug-likeness (QED) is 0.903. The summed E-state index contributed by atoms with van der Waals surface area (Å²) >= 11 is 0. The van der Waals surface area contributed by atoms with Gasteiger partial charge in [-0.25, -0.2) is 0 Å². The van der Waals surface area contributed by atoms with Gasteiger partial charge in [-0.1, -0.05) is 0 Å². The second-order valence-corrected chi connectivity index (χ2v) is 4.92. The third kappa shape index (κ3) is 2.25. The van der Waals surface area contributed by atoms with E-state index in [2.05, 4.69) is 15.3 Å². The molecule has 0 aromatic carbocycles. The second kappa shape index (κ2) is 4.87. The molecule has 0 saturated carbocycles. The maximum Gasteiger partial charge on any atom is 0.244 e. The number of hydrogen-bond acceptors (Lipinski definition) is 3. The summed E-state index contributed by atoms with van der Waals surface area (Å²) < 4.78 is 1.66. The van der Waals surface area contributed by atoms with Crippen molar-refractivity contribution in [2.75, 3.05) is 6.54 Å². The number of amides is 1. The lowest BCUT2D eigenvalue weighted by Crippen LogP contribution is -2.34. The summed E-state index contributed by atoms with van der Waals surface area (Å²) in [6.45, 7) is 3.13. The van der Waals surface area contributed by atoms with Crippen LogP contribution in [0.4, 0.5) is 0 Å². The number of aromatic nitrogens is 4. The van der Waals surface area contributed by atoms with E-state index in [1.807, 2.05) is 30.3 Å². The predicted molar refractivity (Wildman–Crippen MR) is 69.2 cm³/mol. The average molecular weight is 259 g/mol. The van der Waals surface area contributed by atoms with Crippen molar-refractivity contribution in [1.82, 2.24) is 24.9 Å². The maximum absolute atomic E-state index is 12.4. The van der Waals surface area contributed by atoms with Crippen LogP contribution >= 0.6 is 0 Å². The lowest BCUT2D eigenvalue weighted by molar-refractivity contribution is -0.133. The molecule has 1 saturated heterocycles. The molecule has 0 spiro atoms. The second-order valence-electron chi connectivity index (χ2n) is 4.92. The van der Waals surface area contributed by atoms with Crippen molar-refractivity contribution in [2.45, 2.75) is 32.4 Å². The monoisotopic (exact) mass is 259 g/mol. The molecule has 1 amide bonds. The van der Waals surface area contributed by atoms with E-state index in [9.17, 15) is 4.79 Å². The lowest BCUT2D eigenvalue weighted by atomic mass is 10.1. The first-order valence-corrected chi connectivity index (χ1v) is 6.52. The van der Waals surface area contributed by atoms with Crippen molar-refractivity contribution in [3.8, 4) is 0 Å². The summed E-state index contributed by atoms with van der Waals surface area (Å²) in [6.07, 6.45) is 7.34. The van der Waals surface area contributed by atoms with E-state index in [-0.39, 0.29) is 11.9 Å². The van der Waals surface area contributed by atoms with Crippen molar-refractivity contribution < 1.29 is 4.79 Å². The minimum absolute atomic E-state index is 0.111. The summed E-state index contributed by atoms with van der Waals surface area (Å²) in [5.41, 5.74) is 2.18. The number of hydrogen-bond donors (Lipinski definition) is 1. The van der Waals surface area contributed by atoms with Crippen LogP contribution in [0, 0.1) is 6.92 Å². The lowest BCUT2D eigenvalue weighted by Gasteiger charge is -2.24. The van der Waals surface area contributed by atoms with Gasteiger partial charge in [0.05, 0.1) is 17.9 Å². The zero-order valence-electron chi connectivity index (χ0n) is 10.9. The van der Waals surface area contributed by atoms with Gasteiger partial charge in [0.2, 0.25) is 5.91 Å². The predicted octanol–water partition coefficient (Wildman–Crippen LogP) is 1.28. The summed E-state index contributed by atoms with van der Waals surface area (Å²) in [6, 6.07) is 1.96. The van der Waals surface area contributed by atoms with Gasteiger partial charge in [0.25, 0.3) is 0 Å².